The molecule has 1 amide bonds. The number of nitrogens with one attached hydrogen (secondary N) is 2. The van der Waals surface area contributed by atoms with Gasteiger partial charge in [-0.05, 0) is 6.92 Å². The quantitative estimate of drug-likeness (QED) is 0.777. The average Bonchev–Trinajstić information content (AvgIpc) is 2.97. The minimum absolute atomic E-state index is 0.00275. The van der Waals surface area contributed by atoms with Crippen molar-refractivity contribution in [1.29, 1.82) is 0 Å². The molecular formula is C15H16AlF3N4OS+. The number of nitrogens with zero attached hydrogens (tertiary/aromatic N) is 2. The van der Waals surface area contributed by atoms with Crippen molar-refractivity contribution in [2.24, 2.45) is 0 Å². The van der Waals surface area contributed by atoms with E-state index in [1.165, 1.54) is 24.5 Å². The van der Waals surface area contributed by atoms with Gasteiger partial charge in [-0.2, -0.15) is 13.2 Å². The molecule has 10 heteroatoms. The maximum atomic E-state index is 12.9. The molecule has 0 saturated carbocycles. The van der Waals surface area contributed by atoms with Gasteiger partial charge in [-0.15, -0.1) is 0 Å². The number of rotatable bonds is 5. The van der Waals surface area contributed by atoms with Crippen LogP contribution in [0.2, 0.25) is 0 Å². The second-order valence-corrected chi connectivity index (χ2v) is 7.64. The van der Waals surface area contributed by atoms with Crippen LogP contribution in [0.25, 0.3) is 0 Å². The molecule has 2 rings (SSSR count). The van der Waals surface area contributed by atoms with Crippen LogP contribution < -0.4 is 10.6 Å². The van der Waals surface area contributed by atoms with Crippen LogP contribution in [0.5, 0.6) is 0 Å². The van der Waals surface area contributed by atoms with Gasteiger partial charge in [0.25, 0.3) is 0 Å². The molecule has 1 radical (unpaired) electrons. The van der Waals surface area contributed by atoms with Gasteiger partial charge in [0.2, 0.25) is 0 Å². The Bertz CT molecular complexity index is 763. The number of aryl methyl sites for hydroxylation is 1. The number of carbonyl (C=O) groups is 1. The zero-order valence-corrected chi connectivity index (χ0v) is 15.8. The molecule has 2 heterocycles. The van der Waals surface area contributed by atoms with Gasteiger partial charge in [0.15, 0.2) is 0 Å². The number of halogens is 3. The second-order valence-electron chi connectivity index (χ2n) is 5.58. The van der Waals surface area contributed by atoms with E-state index in [0.717, 1.165) is 12.3 Å². The van der Waals surface area contributed by atoms with Crippen LogP contribution in [0.3, 0.4) is 0 Å². The molecule has 0 saturated heterocycles. The summed E-state index contributed by atoms with van der Waals surface area (Å²) in [5, 5.41) is 6.33. The van der Waals surface area contributed by atoms with Gasteiger partial charge in [0.05, 0.1) is 0 Å². The zero-order chi connectivity index (χ0) is 18.8. The fraction of sp³-hybridized carbons (Fsp3) is 0.400. The molecular weight excluding hydrogens is 368 g/mol. The van der Waals surface area contributed by atoms with Gasteiger partial charge >= 0.3 is 135 Å². The van der Waals surface area contributed by atoms with E-state index in [-0.39, 0.29) is 22.3 Å². The van der Waals surface area contributed by atoms with Gasteiger partial charge in [0, 0.05) is 0 Å². The summed E-state index contributed by atoms with van der Waals surface area (Å²) in [6, 6.07) is 0.781. The van der Waals surface area contributed by atoms with Crippen molar-refractivity contribution in [3.8, 4) is 0 Å². The van der Waals surface area contributed by atoms with Crippen LogP contribution in [-0.2, 0) is 6.18 Å². The van der Waals surface area contributed by atoms with Crippen molar-refractivity contribution in [2.75, 3.05) is 5.32 Å². The Hall–Kier alpha value is -1.47. The molecule has 0 aliphatic rings. The molecule has 0 spiro atoms. The fourth-order valence-electron chi connectivity index (χ4n) is 2.13. The topological polar surface area (TPSA) is 66.9 Å². The minimum atomic E-state index is -4.50. The summed E-state index contributed by atoms with van der Waals surface area (Å²) in [7, 11) is 0. The van der Waals surface area contributed by atoms with Crippen molar-refractivity contribution in [2.45, 2.75) is 37.9 Å². The predicted molar refractivity (Wildman–Crippen MR) is 90.8 cm³/mol. The molecule has 2 atom stereocenters. The fourth-order valence-corrected chi connectivity index (χ4v) is 3.25. The molecule has 0 bridgehead atoms. The molecule has 2 unspecified atom stereocenters. The smallest absolute Gasteiger partial charge is 0.166 e. The summed E-state index contributed by atoms with van der Waals surface area (Å²) < 4.78 is 38.8. The summed E-state index contributed by atoms with van der Waals surface area (Å²) in [6.07, 6.45) is -2.01. The first-order valence-corrected chi connectivity index (χ1v) is 8.88. The van der Waals surface area contributed by atoms with E-state index in [9.17, 15) is 18.0 Å². The molecule has 2 aromatic rings. The van der Waals surface area contributed by atoms with Crippen molar-refractivity contribution in [3.63, 3.8) is 0 Å². The zero-order valence-electron chi connectivity index (χ0n) is 13.8. The van der Waals surface area contributed by atoms with E-state index < -0.39 is 17.6 Å². The van der Waals surface area contributed by atoms with Crippen molar-refractivity contribution >= 4 is 39.4 Å². The number of alkyl halides is 3. The van der Waals surface area contributed by atoms with Crippen LogP contribution in [0, 0.1) is 6.92 Å². The molecule has 5 nitrogen and oxygen atoms in total. The second kappa shape index (κ2) is 7.83. The number of pyridine rings is 1. The van der Waals surface area contributed by atoms with Gasteiger partial charge in [0.1, 0.15) is 0 Å². The Balaban J connectivity index is 2.14. The number of hydrogen-bond acceptors (Lipinski definition) is 5. The third-order valence-corrected chi connectivity index (χ3v) is 4.65. The molecule has 2 N–H and O–H groups in total. The van der Waals surface area contributed by atoms with E-state index in [2.05, 4.69) is 36.9 Å². The third kappa shape index (κ3) is 5.25. The Morgan fingerprint density at radius 1 is 1.28 bits per heavy atom. The Morgan fingerprint density at radius 2 is 1.96 bits per heavy atom. The molecule has 2 aromatic heterocycles. The Labute approximate surface area is 155 Å². The Kier molecular flexibility index (Phi) is 6.22. The first-order valence-electron chi connectivity index (χ1n) is 7.40. The summed E-state index contributed by atoms with van der Waals surface area (Å²) in [4.78, 5) is 20.7. The van der Waals surface area contributed by atoms with Crippen molar-refractivity contribution in [1.82, 2.24) is 15.3 Å². The predicted octanol–water partition coefficient (Wildman–Crippen LogP) is 3.28. The number of anilines is 1. The number of aromatic nitrogens is 2. The van der Waals surface area contributed by atoms with E-state index >= 15 is 0 Å². The van der Waals surface area contributed by atoms with E-state index in [4.69, 9.17) is 0 Å². The Morgan fingerprint density at radius 3 is 2.56 bits per heavy atom. The molecule has 0 fully saturated rings. The first-order chi connectivity index (χ1) is 11.6. The number of carbonyl (C=O) groups excluding carboxylic acids is 1. The number of amides is 1. The average molecular weight is 384 g/mol. The molecule has 0 aliphatic heterocycles. The standard InChI is InChI=1S/C15H16F3N4OS.Al/c1-4-19-9(3)14-21-7-11(24-14)13(23)22-12-5-10(15(16,17)18)8(2)6-20-12;/h4-7,9,19H,1-3H3,(H,20,22,23);/q;+1. The molecule has 0 aromatic carbocycles. The molecule has 0 aliphatic carbocycles. The van der Waals surface area contributed by atoms with Crippen LogP contribution in [0.4, 0.5) is 19.0 Å². The minimum Gasteiger partial charge on any atom is -0.166 e. The number of thiazole rings is 1. The van der Waals surface area contributed by atoms with Crippen LogP contribution >= 0.6 is 11.3 Å². The maximum absolute atomic E-state index is 12.9. The van der Waals surface area contributed by atoms with Crippen molar-refractivity contribution in [3.05, 3.63) is 39.5 Å². The summed E-state index contributed by atoms with van der Waals surface area (Å²) in [5.74, 6) is -0.693. The van der Waals surface area contributed by atoms with Gasteiger partial charge in [-0.1, -0.05) is 0 Å². The summed E-state index contributed by atoms with van der Waals surface area (Å²) in [6.45, 7) is 5.19. The summed E-state index contributed by atoms with van der Waals surface area (Å²) >= 11 is 3.79. The first kappa shape index (κ1) is 19.9. The van der Waals surface area contributed by atoms with Crippen molar-refractivity contribution < 1.29 is 18.0 Å². The van der Waals surface area contributed by atoms with Crippen LogP contribution in [0.15, 0.2) is 18.5 Å². The normalized spacial score (nSPS) is 14.1. The van der Waals surface area contributed by atoms with Crippen LogP contribution in [-0.4, -0.2) is 37.1 Å². The van der Waals surface area contributed by atoms with E-state index in [1.807, 2.05) is 13.8 Å². The van der Waals surface area contributed by atoms with Gasteiger partial charge in [-0.25, -0.2) is 0 Å². The van der Waals surface area contributed by atoms with E-state index in [0.29, 0.717) is 9.88 Å². The molecule has 25 heavy (non-hydrogen) atoms. The monoisotopic (exact) mass is 384 g/mol. The SMILES string of the molecule is Cc1cnc(NC(=O)c2cnc(C(C)N[CH](C)[Al+])s2)cc1C(F)(F)F. The van der Waals surface area contributed by atoms with Crippen LogP contribution in [0.1, 0.15) is 45.7 Å². The third-order valence-electron chi connectivity index (χ3n) is 3.28. The van der Waals surface area contributed by atoms with E-state index in [1.54, 1.807) is 0 Å². The van der Waals surface area contributed by atoms with Gasteiger partial charge < -0.3 is 0 Å². The molecule has 131 valence electrons. The van der Waals surface area contributed by atoms with Gasteiger partial charge in [-0.3, -0.25) is 0 Å². The summed E-state index contributed by atoms with van der Waals surface area (Å²) in [5.41, 5.74) is -0.827. The number of hydrogen-bond donors (Lipinski definition) is 2.